The number of amides is 1. The van der Waals surface area contributed by atoms with Gasteiger partial charge in [0.1, 0.15) is 0 Å². The molecule has 1 saturated heterocycles. The van der Waals surface area contributed by atoms with Crippen molar-refractivity contribution in [2.24, 2.45) is 0 Å². The zero-order chi connectivity index (χ0) is 13.8. The number of pyridine rings is 1. The molecule has 0 radical (unpaired) electrons. The first kappa shape index (κ1) is 13.8. The van der Waals surface area contributed by atoms with Crippen LogP contribution < -0.4 is 11.1 Å². The average molecular weight is 262 g/mol. The Hall–Kier alpha value is -1.62. The number of aryl methyl sites for hydroxylation is 1. The molecule has 104 valence electrons. The van der Waals surface area contributed by atoms with E-state index in [0.717, 1.165) is 13.1 Å². The second-order valence-electron chi connectivity index (χ2n) is 5.20. The number of anilines is 1. The Morgan fingerprint density at radius 2 is 2.21 bits per heavy atom. The monoisotopic (exact) mass is 262 g/mol. The quantitative estimate of drug-likeness (QED) is 0.855. The third-order valence-electron chi connectivity index (χ3n) is 3.67. The Kier molecular flexibility index (Phi) is 4.37. The zero-order valence-corrected chi connectivity index (χ0v) is 11.6. The number of carbonyl (C=O) groups excluding carboxylic acids is 1. The summed E-state index contributed by atoms with van der Waals surface area (Å²) in [5.74, 6) is -0.0941. The predicted octanol–water partition coefficient (Wildman–Crippen LogP) is 1.19. The molecule has 1 unspecified atom stereocenters. The minimum absolute atomic E-state index is 0.0941. The molecular formula is C14H22N4O. The highest BCUT2D eigenvalue weighted by atomic mass is 16.1. The van der Waals surface area contributed by atoms with Gasteiger partial charge >= 0.3 is 0 Å². The molecule has 1 atom stereocenters. The fourth-order valence-electron chi connectivity index (χ4n) is 2.43. The molecule has 1 amide bonds. The van der Waals surface area contributed by atoms with Crippen LogP contribution in [0.4, 0.5) is 5.69 Å². The lowest BCUT2D eigenvalue weighted by molar-refractivity contribution is 0.0939. The van der Waals surface area contributed by atoms with Crippen LogP contribution in [0.5, 0.6) is 0 Å². The molecule has 1 fully saturated rings. The van der Waals surface area contributed by atoms with E-state index in [9.17, 15) is 4.79 Å². The molecule has 2 rings (SSSR count). The van der Waals surface area contributed by atoms with Gasteiger partial charge in [-0.25, -0.2) is 0 Å². The number of rotatable bonds is 4. The van der Waals surface area contributed by atoms with Crippen LogP contribution in [0.2, 0.25) is 0 Å². The Morgan fingerprint density at radius 1 is 1.53 bits per heavy atom. The summed E-state index contributed by atoms with van der Waals surface area (Å²) in [4.78, 5) is 18.6. The molecular weight excluding hydrogens is 240 g/mol. The highest BCUT2D eigenvalue weighted by Gasteiger charge is 2.19. The third kappa shape index (κ3) is 3.44. The number of aromatic nitrogens is 1. The van der Waals surface area contributed by atoms with Crippen LogP contribution in [0.1, 0.15) is 35.8 Å². The van der Waals surface area contributed by atoms with Crippen LogP contribution in [-0.4, -0.2) is 41.5 Å². The van der Waals surface area contributed by atoms with Crippen LogP contribution in [0.15, 0.2) is 12.3 Å². The van der Waals surface area contributed by atoms with E-state index in [1.807, 2.05) is 6.92 Å². The summed E-state index contributed by atoms with van der Waals surface area (Å²) in [6, 6.07) is 2.05. The van der Waals surface area contributed by atoms with E-state index >= 15 is 0 Å². The number of hydrogen-bond donors (Lipinski definition) is 2. The molecule has 5 nitrogen and oxygen atoms in total. The van der Waals surface area contributed by atoms with E-state index in [2.05, 4.69) is 22.1 Å². The summed E-state index contributed by atoms with van der Waals surface area (Å²) in [7, 11) is 0. The van der Waals surface area contributed by atoms with Gasteiger partial charge in [-0.05, 0) is 45.8 Å². The minimum atomic E-state index is -0.0941. The van der Waals surface area contributed by atoms with Gasteiger partial charge in [0.05, 0.1) is 23.1 Å². The van der Waals surface area contributed by atoms with Gasteiger partial charge in [-0.3, -0.25) is 14.7 Å². The number of nitrogens with two attached hydrogens (primary N) is 1. The van der Waals surface area contributed by atoms with Gasteiger partial charge in [-0.1, -0.05) is 0 Å². The topological polar surface area (TPSA) is 71.2 Å². The highest BCUT2D eigenvalue weighted by Crippen LogP contribution is 2.12. The number of carbonyl (C=O) groups is 1. The van der Waals surface area contributed by atoms with Crippen LogP contribution in [-0.2, 0) is 0 Å². The first-order valence-electron chi connectivity index (χ1n) is 6.82. The van der Waals surface area contributed by atoms with Gasteiger partial charge in [0.2, 0.25) is 0 Å². The van der Waals surface area contributed by atoms with Crippen molar-refractivity contribution in [1.82, 2.24) is 15.2 Å². The van der Waals surface area contributed by atoms with Gasteiger partial charge in [-0.2, -0.15) is 0 Å². The number of nitrogen functional groups attached to an aromatic ring is 1. The lowest BCUT2D eigenvalue weighted by atomic mass is 10.1. The van der Waals surface area contributed by atoms with Gasteiger partial charge < -0.3 is 11.1 Å². The van der Waals surface area contributed by atoms with E-state index in [-0.39, 0.29) is 5.91 Å². The van der Waals surface area contributed by atoms with E-state index < -0.39 is 0 Å². The summed E-state index contributed by atoms with van der Waals surface area (Å²) in [6.45, 7) is 6.90. The summed E-state index contributed by atoms with van der Waals surface area (Å²) in [5, 5.41) is 2.97. The van der Waals surface area contributed by atoms with Crippen molar-refractivity contribution < 1.29 is 4.79 Å². The average Bonchev–Trinajstić information content (AvgIpc) is 2.92. The molecule has 1 aliphatic rings. The molecule has 19 heavy (non-hydrogen) atoms. The van der Waals surface area contributed by atoms with Crippen molar-refractivity contribution in [3.05, 3.63) is 23.5 Å². The molecule has 0 aromatic carbocycles. The van der Waals surface area contributed by atoms with E-state index in [4.69, 9.17) is 5.73 Å². The Morgan fingerprint density at radius 3 is 2.89 bits per heavy atom. The SMILES string of the molecule is Cc1ncc(N)cc1C(=O)NCC(C)N1CCCC1. The first-order chi connectivity index (χ1) is 9.08. The van der Waals surface area contributed by atoms with Crippen molar-refractivity contribution in [1.29, 1.82) is 0 Å². The van der Waals surface area contributed by atoms with Crippen molar-refractivity contribution in [3.8, 4) is 0 Å². The van der Waals surface area contributed by atoms with Crippen molar-refractivity contribution >= 4 is 11.6 Å². The van der Waals surface area contributed by atoms with Gasteiger partial charge in [-0.15, -0.1) is 0 Å². The van der Waals surface area contributed by atoms with E-state index in [0.29, 0.717) is 29.5 Å². The summed E-state index contributed by atoms with van der Waals surface area (Å²) in [6.07, 6.45) is 4.09. The summed E-state index contributed by atoms with van der Waals surface area (Å²) >= 11 is 0. The van der Waals surface area contributed by atoms with Crippen molar-refractivity contribution in [2.75, 3.05) is 25.4 Å². The number of hydrogen-bond acceptors (Lipinski definition) is 4. The molecule has 0 spiro atoms. The number of nitrogens with zero attached hydrogens (tertiary/aromatic N) is 2. The van der Waals surface area contributed by atoms with E-state index in [1.54, 1.807) is 12.3 Å². The number of nitrogens with one attached hydrogen (secondary N) is 1. The maximum Gasteiger partial charge on any atom is 0.253 e. The molecule has 1 aromatic heterocycles. The van der Waals surface area contributed by atoms with Gasteiger partial charge in [0.25, 0.3) is 5.91 Å². The normalized spacial score (nSPS) is 17.4. The molecule has 0 aliphatic carbocycles. The Balaban J connectivity index is 1.91. The van der Waals surface area contributed by atoms with Crippen LogP contribution in [0.3, 0.4) is 0 Å². The van der Waals surface area contributed by atoms with Crippen LogP contribution >= 0.6 is 0 Å². The summed E-state index contributed by atoms with van der Waals surface area (Å²) in [5.41, 5.74) is 7.46. The van der Waals surface area contributed by atoms with Gasteiger partial charge in [0, 0.05) is 12.6 Å². The molecule has 0 saturated carbocycles. The van der Waals surface area contributed by atoms with Gasteiger partial charge in [0.15, 0.2) is 0 Å². The largest absolute Gasteiger partial charge is 0.397 e. The zero-order valence-electron chi connectivity index (χ0n) is 11.6. The smallest absolute Gasteiger partial charge is 0.253 e. The predicted molar refractivity (Wildman–Crippen MR) is 76.0 cm³/mol. The molecule has 2 heterocycles. The molecule has 5 heteroatoms. The maximum atomic E-state index is 12.1. The molecule has 0 bridgehead atoms. The lowest BCUT2D eigenvalue weighted by Gasteiger charge is -2.23. The van der Waals surface area contributed by atoms with Crippen molar-refractivity contribution in [3.63, 3.8) is 0 Å². The Labute approximate surface area is 114 Å². The van der Waals surface area contributed by atoms with Crippen LogP contribution in [0.25, 0.3) is 0 Å². The van der Waals surface area contributed by atoms with Crippen molar-refractivity contribution in [2.45, 2.75) is 32.7 Å². The fourth-order valence-corrected chi connectivity index (χ4v) is 2.43. The molecule has 3 N–H and O–H groups in total. The fraction of sp³-hybridized carbons (Fsp3) is 0.571. The maximum absolute atomic E-state index is 12.1. The van der Waals surface area contributed by atoms with E-state index in [1.165, 1.54) is 12.8 Å². The second-order valence-corrected chi connectivity index (χ2v) is 5.20. The third-order valence-corrected chi connectivity index (χ3v) is 3.67. The second kappa shape index (κ2) is 6.02. The lowest BCUT2D eigenvalue weighted by Crippen LogP contribution is -2.40. The minimum Gasteiger partial charge on any atom is -0.397 e. The summed E-state index contributed by atoms with van der Waals surface area (Å²) < 4.78 is 0. The molecule has 1 aliphatic heterocycles. The molecule has 1 aromatic rings. The standard InChI is InChI=1S/C14H22N4O/c1-10(18-5-3-4-6-18)8-17-14(19)13-7-12(15)9-16-11(13)2/h7,9-10H,3-6,8,15H2,1-2H3,(H,17,19). The Bertz CT molecular complexity index is 455. The van der Waals surface area contributed by atoms with Crippen LogP contribution in [0, 0.1) is 6.92 Å². The number of likely N-dealkylation sites (tertiary alicyclic amines) is 1. The highest BCUT2D eigenvalue weighted by molar-refractivity contribution is 5.95. The first-order valence-corrected chi connectivity index (χ1v) is 6.82.